The molecule has 6 nitrogen and oxygen atoms in total. The second kappa shape index (κ2) is 9.53. The van der Waals surface area contributed by atoms with E-state index >= 15 is 0 Å². The summed E-state index contributed by atoms with van der Waals surface area (Å²) < 4.78 is 17.6. The highest BCUT2D eigenvalue weighted by molar-refractivity contribution is 6.15. The van der Waals surface area contributed by atoms with Crippen molar-refractivity contribution in [2.75, 3.05) is 46.1 Å². The number of nitrogens with zero attached hydrogens (tertiary/aromatic N) is 2. The molecular formula is C28H34N2O4. The number of allylic oxidation sites excluding steroid dienone is 1. The van der Waals surface area contributed by atoms with Crippen LogP contribution in [0.4, 0.5) is 0 Å². The zero-order valence-corrected chi connectivity index (χ0v) is 20.4. The molecule has 0 N–H and O–H groups in total. The summed E-state index contributed by atoms with van der Waals surface area (Å²) in [5.74, 6) is 1.77. The summed E-state index contributed by atoms with van der Waals surface area (Å²) >= 11 is 0. The molecule has 0 atom stereocenters. The topological polar surface area (TPSA) is 51.2 Å². The van der Waals surface area contributed by atoms with Crippen molar-refractivity contribution in [3.8, 4) is 11.5 Å². The fourth-order valence-corrected chi connectivity index (χ4v) is 4.72. The summed E-state index contributed by atoms with van der Waals surface area (Å²) in [4.78, 5) is 17.8. The van der Waals surface area contributed by atoms with E-state index in [2.05, 4.69) is 42.7 Å². The van der Waals surface area contributed by atoms with Crippen LogP contribution in [0.1, 0.15) is 54.2 Å². The van der Waals surface area contributed by atoms with Crippen LogP contribution >= 0.6 is 0 Å². The summed E-state index contributed by atoms with van der Waals surface area (Å²) in [6.45, 7) is 13.5. The molecule has 5 rings (SSSR count). The molecule has 2 aromatic carbocycles. The number of ether oxygens (including phenoxy) is 3. The average molecular weight is 463 g/mol. The maximum atomic E-state index is 13.1. The van der Waals surface area contributed by atoms with E-state index in [0.29, 0.717) is 23.8 Å². The number of hydrogen-bond donors (Lipinski definition) is 0. The lowest BCUT2D eigenvalue weighted by Gasteiger charge is -2.31. The number of carbonyl (C=O) groups excluding carboxylic acids is 1. The van der Waals surface area contributed by atoms with Crippen molar-refractivity contribution in [1.29, 1.82) is 0 Å². The number of fused-ring (bicyclic) bond motifs is 3. The van der Waals surface area contributed by atoms with Gasteiger partial charge in [0, 0.05) is 26.2 Å². The minimum atomic E-state index is -0.0675. The van der Waals surface area contributed by atoms with Crippen molar-refractivity contribution in [3.05, 3.63) is 64.4 Å². The molecule has 34 heavy (non-hydrogen) atoms. The summed E-state index contributed by atoms with van der Waals surface area (Å²) in [7, 11) is 0. The molecule has 0 aliphatic carbocycles. The van der Waals surface area contributed by atoms with Gasteiger partial charge in [0.25, 0.3) is 0 Å². The van der Waals surface area contributed by atoms with Gasteiger partial charge in [-0.3, -0.25) is 14.6 Å². The average Bonchev–Trinajstić information content (AvgIpc) is 3.15. The molecule has 2 aromatic rings. The Balaban J connectivity index is 1.27. The Kier molecular flexibility index (Phi) is 6.47. The van der Waals surface area contributed by atoms with Gasteiger partial charge in [0.05, 0.1) is 24.3 Å². The Labute approximate surface area is 202 Å². The maximum absolute atomic E-state index is 13.1. The van der Waals surface area contributed by atoms with Crippen LogP contribution in [0.25, 0.3) is 6.08 Å². The van der Waals surface area contributed by atoms with Crippen LogP contribution in [0.3, 0.4) is 0 Å². The molecule has 0 amide bonds. The Morgan fingerprint density at radius 2 is 1.71 bits per heavy atom. The van der Waals surface area contributed by atoms with Gasteiger partial charge in [0.2, 0.25) is 5.78 Å². The zero-order chi connectivity index (χ0) is 23.7. The van der Waals surface area contributed by atoms with Gasteiger partial charge in [-0.1, -0.05) is 45.0 Å². The van der Waals surface area contributed by atoms with E-state index in [1.165, 1.54) is 5.56 Å². The van der Waals surface area contributed by atoms with Crippen LogP contribution in [-0.2, 0) is 16.7 Å². The lowest BCUT2D eigenvalue weighted by molar-refractivity contribution is 0.0329. The number of rotatable bonds is 5. The molecular weight excluding hydrogens is 428 g/mol. The Hall–Kier alpha value is -2.67. The highest BCUT2D eigenvalue weighted by Crippen LogP contribution is 2.42. The normalized spacial score (nSPS) is 20.1. The number of hydrogen-bond acceptors (Lipinski definition) is 6. The standard InChI is InChI=1S/C28H34N2O4/c1-28(2,3)21-7-5-20(6-8-21)17-25-26(31)22-9-10-24-23(27(22)34-25)18-30(19-33-24)12-4-11-29-13-15-32-16-14-29/h5-10,17H,4,11-16,18-19H2,1-3H3/b25-17-. The van der Waals surface area contributed by atoms with Crippen molar-refractivity contribution >= 4 is 11.9 Å². The van der Waals surface area contributed by atoms with E-state index in [0.717, 1.165) is 69.2 Å². The molecule has 3 aliphatic heterocycles. The Morgan fingerprint density at radius 1 is 0.971 bits per heavy atom. The van der Waals surface area contributed by atoms with Gasteiger partial charge in [-0.2, -0.15) is 0 Å². The molecule has 0 bridgehead atoms. The predicted octanol–water partition coefficient (Wildman–Crippen LogP) is 4.47. The minimum Gasteiger partial charge on any atom is -0.478 e. The van der Waals surface area contributed by atoms with Gasteiger partial charge >= 0.3 is 0 Å². The highest BCUT2D eigenvalue weighted by atomic mass is 16.5. The van der Waals surface area contributed by atoms with Crippen molar-refractivity contribution in [1.82, 2.24) is 9.80 Å². The first-order valence-electron chi connectivity index (χ1n) is 12.2. The largest absolute Gasteiger partial charge is 0.478 e. The molecule has 3 aliphatic rings. The lowest BCUT2D eigenvalue weighted by Crippen LogP contribution is -2.39. The summed E-state index contributed by atoms with van der Waals surface area (Å²) in [5, 5.41) is 0. The van der Waals surface area contributed by atoms with Crippen LogP contribution in [0.15, 0.2) is 42.2 Å². The first-order chi connectivity index (χ1) is 16.4. The van der Waals surface area contributed by atoms with Crippen LogP contribution in [0.2, 0.25) is 0 Å². The first kappa shape index (κ1) is 23.1. The van der Waals surface area contributed by atoms with E-state index in [-0.39, 0.29) is 11.2 Å². The van der Waals surface area contributed by atoms with Crippen LogP contribution in [0.5, 0.6) is 11.5 Å². The fourth-order valence-electron chi connectivity index (χ4n) is 4.72. The van der Waals surface area contributed by atoms with E-state index in [1.54, 1.807) is 0 Å². The minimum absolute atomic E-state index is 0.0675. The molecule has 1 saturated heterocycles. The number of Topliss-reactive ketones (excluding diaryl/α,β-unsaturated/α-hetero) is 1. The van der Waals surface area contributed by atoms with Crippen LogP contribution in [0, 0.1) is 0 Å². The third-order valence-electron chi connectivity index (χ3n) is 6.81. The Morgan fingerprint density at radius 3 is 2.44 bits per heavy atom. The third kappa shape index (κ3) is 4.90. The second-order valence-electron chi connectivity index (χ2n) is 10.4. The quantitative estimate of drug-likeness (QED) is 0.611. The van der Waals surface area contributed by atoms with Gasteiger partial charge in [0.15, 0.2) is 5.76 Å². The number of morpholine rings is 1. The van der Waals surface area contributed by atoms with E-state index in [9.17, 15) is 4.79 Å². The fraction of sp³-hybridized carbons (Fsp3) is 0.464. The van der Waals surface area contributed by atoms with Gasteiger partial charge < -0.3 is 14.2 Å². The Bertz CT molecular complexity index is 1080. The summed E-state index contributed by atoms with van der Waals surface area (Å²) in [6.07, 6.45) is 2.91. The summed E-state index contributed by atoms with van der Waals surface area (Å²) in [6, 6.07) is 12.0. The third-order valence-corrected chi connectivity index (χ3v) is 6.81. The molecule has 0 saturated carbocycles. The highest BCUT2D eigenvalue weighted by Gasteiger charge is 2.33. The van der Waals surface area contributed by atoms with Crippen molar-refractivity contribution < 1.29 is 19.0 Å². The summed E-state index contributed by atoms with van der Waals surface area (Å²) in [5.41, 5.74) is 3.90. The zero-order valence-electron chi connectivity index (χ0n) is 20.4. The van der Waals surface area contributed by atoms with Gasteiger partial charge in [-0.25, -0.2) is 0 Å². The number of carbonyl (C=O) groups is 1. The molecule has 1 fully saturated rings. The van der Waals surface area contributed by atoms with E-state index in [1.807, 2.05) is 30.3 Å². The monoisotopic (exact) mass is 462 g/mol. The molecule has 6 heteroatoms. The number of benzene rings is 2. The van der Waals surface area contributed by atoms with Gasteiger partial charge in [0.1, 0.15) is 18.2 Å². The van der Waals surface area contributed by atoms with E-state index in [4.69, 9.17) is 14.2 Å². The molecule has 0 aromatic heterocycles. The molecule has 0 spiro atoms. The van der Waals surface area contributed by atoms with Crippen LogP contribution < -0.4 is 9.47 Å². The van der Waals surface area contributed by atoms with E-state index < -0.39 is 0 Å². The lowest BCUT2D eigenvalue weighted by atomic mass is 9.86. The number of ketones is 1. The van der Waals surface area contributed by atoms with Gasteiger partial charge in [-0.05, 0) is 47.7 Å². The first-order valence-corrected chi connectivity index (χ1v) is 12.2. The van der Waals surface area contributed by atoms with Crippen molar-refractivity contribution in [2.45, 2.75) is 39.2 Å². The van der Waals surface area contributed by atoms with Crippen molar-refractivity contribution in [3.63, 3.8) is 0 Å². The molecule has 0 radical (unpaired) electrons. The molecule has 180 valence electrons. The van der Waals surface area contributed by atoms with Crippen LogP contribution in [-0.4, -0.2) is 61.7 Å². The molecule has 3 heterocycles. The van der Waals surface area contributed by atoms with Gasteiger partial charge in [-0.15, -0.1) is 0 Å². The molecule has 0 unspecified atom stereocenters. The van der Waals surface area contributed by atoms with Crippen molar-refractivity contribution in [2.24, 2.45) is 0 Å². The maximum Gasteiger partial charge on any atom is 0.231 e. The predicted molar refractivity (Wildman–Crippen MR) is 132 cm³/mol. The smallest absolute Gasteiger partial charge is 0.231 e. The second-order valence-corrected chi connectivity index (χ2v) is 10.4. The SMILES string of the molecule is CC(C)(C)c1ccc(/C=C2\Oc3c(ccc4c3CN(CCCN3CCOCC3)CO4)C2=O)cc1.